The molecule has 3 aromatic rings. The van der Waals surface area contributed by atoms with Crippen molar-refractivity contribution in [3.05, 3.63) is 101 Å². The van der Waals surface area contributed by atoms with Crippen LogP contribution in [0.5, 0.6) is 5.75 Å². The van der Waals surface area contributed by atoms with Gasteiger partial charge in [0.15, 0.2) is 0 Å². The summed E-state index contributed by atoms with van der Waals surface area (Å²) in [6, 6.07) is 12.9. The van der Waals surface area contributed by atoms with Crippen molar-refractivity contribution in [3.8, 4) is 5.75 Å². The van der Waals surface area contributed by atoms with Crippen molar-refractivity contribution in [3.63, 3.8) is 0 Å². The Balaban J connectivity index is 1.88. The maximum atomic E-state index is 13.9. The lowest BCUT2D eigenvalue weighted by Gasteiger charge is -2.24. The van der Waals surface area contributed by atoms with Crippen molar-refractivity contribution < 1.29 is 28.2 Å². The highest BCUT2D eigenvalue weighted by atomic mass is 19.1. The number of hydrogen-bond donors (Lipinski definition) is 1. The molecule has 0 saturated carbocycles. The van der Waals surface area contributed by atoms with E-state index in [4.69, 9.17) is 4.74 Å². The maximum absolute atomic E-state index is 13.9. The second-order valence-electron chi connectivity index (χ2n) is 7.15. The number of carbonyl (C=O) groups is 2. The Hall–Kier alpha value is -4.07. The molecule has 2 aromatic carbocycles. The van der Waals surface area contributed by atoms with E-state index >= 15 is 0 Å². The smallest absolute Gasteiger partial charge is 0.296 e. The number of hydrogen-bond acceptors (Lipinski definition) is 5. The van der Waals surface area contributed by atoms with Crippen LogP contribution in [0.2, 0.25) is 0 Å². The summed E-state index contributed by atoms with van der Waals surface area (Å²) in [6.07, 6.45) is 1.50. The fourth-order valence-electron chi connectivity index (χ4n) is 3.69. The zero-order valence-electron chi connectivity index (χ0n) is 17.0. The molecule has 32 heavy (non-hydrogen) atoms. The van der Waals surface area contributed by atoms with Gasteiger partial charge in [0.05, 0.1) is 23.9 Å². The van der Waals surface area contributed by atoms with Crippen LogP contribution in [-0.4, -0.2) is 33.8 Å². The maximum Gasteiger partial charge on any atom is 0.296 e. The van der Waals surface area contributed by atoms with E-state index in [9.17, 15) is 23.5 Å². The van der Waals surface area contributed by atoms with E-state index in [0.717, 1.165) is 12.1 Å². The number of nitrogens with zero attached hydrogens (tertiary/aromatic N) is 2. The Morgan fingerprint density at radius 1 is 1.06 bits per heavy atom. The highest BCUT2D eigenvalue weighted by molar-refractivity contribution is 6.46. The summed E-state index contributed by atoms with van der Waals surface area (Å²) < 4.78 is 32.4. The minimum absolute atomic E-state index is 0.0246. The predicted octanol–water partition coefficient (Wildman–Crippen LogP) is 3.99. The molecule has 0 spiro atoms. The summed E-state index contributed by atoms with van der Waals surface area (Å²) in [4.78, 5) is 31.5. The van der Waals surface area contributed by atoms with Crippen LogP contribution in [0.1, 0.15) is 22.9 Å². The second kappa shape index (κ2) is 8.58. The van der Waals surface area contributed by atoms with Crippen molar-refractivity contribution in [2.24, 2.45) is 0 Å². The van der Waals surface area contributed by atoms with Crippen molar-refractivity contribution in [1.82, 2.24) is 9.88 Å². The minimum atomic E-state index is -1.03. The van der Waals surface area contributed by atoms with Crippen LogP contribution in [-0.2, 0) is 16.1 Å². The molecule has 1 aromatic heterocycles. The van der Waals surface area contributed by atoms with Gasteiger partial charge in [-0.25, -0.2) is 8.78 Å². The lowest BCUT2D eigenvalue weighted by Crippen LogP contribution is -2.29. The second-order valence-corrected chi connectivity index (χ2v) is 7.15. The van der Waals surface area contributed by atoms with Gasteiger partial charge >= 0.3 is 0 Å². The van der Waals surface area contributed by atoms with Gasteiger partial charge in [0.25, 0.3) is 11.7 Å². The minimum Gasteiger partial charge on any atom is -0.507 e. The average Bonchev–Trinajstić information content (AvgIpc) is 3.05. The summed E-state index contributed by atoms with van der Waals surface area (Å²) in [5.74, 6) is -3.32. The molecule has 6 nitrogen and oxygen atoms in total. The predicted molar refractivity (Wildman–Crippen MR) is 111 cm³/mol. The number of likely N-dealkylation sites (tertiary alicyclic amines) is 1. The van der Waals surface area contributed by atoms with Crippen LogP contribution in [0.15, 0.2) is 72.4 Å². The van der Waals surface area contributed by atoms with Crippen molar-refractivity contribution in [1.29, 1.82) is 0 Å². The first-order valence-corrected chi connectivity index (χ1v) is 9.68. The summed E-state index contributed by atoms with van der Waals surface area (Å²) in [7, 11) is 1.34. The number of benzene rings is 2. The fraction of sp³-hybridized carbons (Fsp3) is 0.125. The molecule has 1 saturated heterocycles. The van der Waals surface area contributed by atoms with Crippen LogP contribution >= 0.6 is 0 Å². The number of methoxy groups -OCH3 is 1. The highest BCUT2D eigenvalue weighted by Crippen LogP contribution is 2.41. The number of carbonyl (C=O) groups excluding carboxylic acids is 2. The summed E-state index contributed by atoms with van der Waals surface area (Å²) in [5.41, 5.74) is 0.621. The molecule has 1 amide bonds. The molecule has 1 unspecified atom stereocenters. The third-order valence-corrected chi connectivity index (χ3v) is 5.19. The quantitative estimate of drug-likeness (QED) is 0.372. The number of Topliss-reactive ketones (excluding diaryl/α,β-unsaturated/α-hetero) is 1. The van der Waals surface area contributed by atoms with Crippen molar-refractivity contribution in [2.75, 3.05) is 7.11 Å². The lowest BCUT2D eigenvalue weighted by atomic mass is 9.97. The Morgan fingerprint density at radius 2 is 1.78 bits per heavy atom. The number of ketones is 1. The molecule has 8 heteroatoms. The molecule has 0 aliphatic carbocycles. The Morgan fingerprint density at radius 3 is 2.44 bits per heavy atom. The molecule has 2 heterocycles. The van der Waals surface area contributed by atoms with Crippen LogP contribution < -0.4 is 4.74 Å². The van der Waals surface area contributed by atoms with Crippen LogP contribution in [0, 0.1) is 11.6 Å². The topological polar surface area (TPSA) is 79.7 Å². The van der Waals surface area contributed by atoms with Crippen LogP contribution in [0.3, 0.4) is 0 Å². The Labute approximate surface area is 182 Å². The Kier molecular flexibility index (Phi) is 5.68. The van der Waals surface area contributed by atoms with Gasteiger partial charge in [0.2, 0.25) is 0 Å². The third-order valence-electron chi connectivity index (χ3n) is 5.19. The van der Waals surface area contributed by atoms with Gasteiger partial charge in [-0.2, -0.15) is 0 Å². The average molecular weight is 436 g/mol. The fourth-order valence-corrected chi connectivity index (χ4v) is 3.69. The van der Waals surface area contributed by atoms with Crippen molar-refractivity contribution in [2.45, 2.75) is 12.6 Å². The first-order chi connectivity index (χ1) is 15.4. The van der Waals surface area contributed by atoms with E-state index in [-0.39, 0.29) is 23.4 Å². The molecular weight excluding hydrogens is 418 g/mol. The monoisotopic (exact) mass is 436 g/mol. The largest absolute Gasteiger partial charge is 0.507 e. The number of rotatable bonds is 5. The molecule has 0 radical (unpaired) electrons. The van der Waals surface area contributed by atoms with Gasteiger partial charge in [-0.1, -0.05) is 18.2 Å². The van der Waals surface area contributed by atoms with E-state index in [1.807, 2.05) is 0 Å². The molecule has 1 aliphatic rings. The number of pyridine rings is 1. The first-order valence-electron chi connectivity index (χ1n) is 9.68. The zero-order valence-corrected chi connectivity index (χ0v) is 17.0. The number of aromatic nitrogens is 1. The van der Waals surface area contributed by atoms with E-state index in [0.29, 0.717) is 11.3 Å². The van der Waals surface area contributed by atoms with Gasteiger partial charge in [-0.15, -0.1) is 0 Å². The lowest BCUT2D eigenvalue weighted by molar-refractivity contribution is -0.140. The Bertz CT molecular complexity index is 1210. The molecule has 1 aliphatic heterocycles. The number of halogens is 2. The molecule has 162 valence electrons. The number of aliphatic hydroxyl groups excluding tert-OH is 1. The molecule has 0 bridgehead atoms. The van der Waals surface area contributed by atoms with Gasteiger partial charge in [0.1, 0.15) is 29.2 Å². The summed E-state index contributed by atoms with van der Waals surface area (Å²) in [5, 5.41) is 11.1. The molecule has 4 rings (SSSR count). The molecule has 1 atom stereocenters. The van der Waals surface area contributed by atoms with Crippen molar-refractivity contribution >= 4 is 17.4 Å². The van der Waals surface area contributed by atoms with Gasteiger partial charge in [-0.3, -0.25) is 14.6 Å². The number of amides is 1. The normalized spacial score (nSPS) is 17.6. The number of ether oxygens (including phenoxy) is 1. The summed E-state index contributed by atoms with van der Waals surface area (Å²) in [6.45, 7) is -0.0246. The first kappa shape index (κ1) is 21.2. The van der Waals surface area contributed by atoms with Crippen LogP contribution in [0.4, 0.5) is 8.78 Å². The highest BCUT2D eigenvalue weighted by Gasteiger charge is 2.47. The molecule has 1 fully saturated rings. The third kappa shape index (κ3) is 3.82. The van der Waals surface area contributed by atoms with Crippen LogP contribution in [0.25, 0.3) is 5.76 Å². The van der Waals surface area contributed by atoms with Gasteiger partial charge in [-0.05, 0) is 48.0 Å². The van der Waals surface area contributed by atoms with E-state index in [2.05, 4.69) is 4.98 Å². The molecule has 1 N–H and O–H groups in total. The van der Waals surface area contributed by atoms with E-state index in [1.165, 1.54) is 48.5 Å². The standard InChI is InChI=1S/C24H18F2N2O4/c1-32-19-10-9-16(26)12-17(19)22(29)20-21(18-4-2-3-11-27-18)28(24(31)23(20)30)13-14-5-7-15(25)8-6-14/h2-12,21,29H,13H2,1H3/b22-20+. The SMILES string of the molecule is COc1ccc(F)cc1/C(O)=C1\C(=O)C(=O)N(Cc2ccc(F)cc2)C1c1ccccn1. The van der Waals surface area contributed by atoms with E-state index in [1.54, 1.807) is 18.2 Å². The zero-order chi connectivity index (χ0) is 22.8. The summed E-state index contributed by atoms with van der Waals surface area (Å²) >= 11 is 0. The van der Waals surface area contributed by atoms with Gasteiger partial charge < -0.3 is 14.7 Å². The number of aliphatic hydroxyl groups is 1. The van der Waals surface area contributed by atoms with E-state index < -0.39 is 35.1 Å². The van der Waals surface area contributed by atoms with Gasteiger partial charge in [0, 0.05) is 12.7 Å². The molecular formula is C24H18F2N2O4.